The molecular weight excluding hydrogens is 549 g/mol. The maximum Gasteiger partial charge on any atom is 0.271 e. The normalized spacial score (nSPS) is 14.4. The van der Waals surface area contributed by atoms with Crippen LogP contribution in [0, 0.1) is 20.8 Å². The largest absolute Gasteiger partial charge is 0.454 e. The van der Waals surface area contributed by atoms with Crippen molar-refractivity contribution in [2.24, 2.45) is 0 Å². The van der Waals surface area contributed by atoms with Crippen molar-refractivity contribution >= 4 is 36.4 Å². The third-order valence-electron chi connectivity index (χ3n) is 7.71. The number of nitrogens with one attached hydrogen (secondary N) is 1. The number of imidazole rings is 1. The van der Waals surface area contributed by atoms with Gasteiger partial charge in [0, 0.05) is 50.9 Å². The molecule has 1 aromatic heterocycles. The predicted molar refractivity (Wildman–Crippen MR) is 164 cm³/mol. The van der Waals surface area contributed by atoms with Crippen molar-refractivity contribution in [2.75, 3.05) is 51.0 Å². The average molecular weight is 591 g/mol. The van der Waals surface area contributed by atoms with Crippen LogP contribution in [-0.4, -0.2) is 66.4 Å². The van der Waals surface area contributed by atoms with E-state index < -0.39 is 0 Å². The number of benzene rings is 2. The first-order valence-corrected chi connectivity index (χ1v) is 13.8. The zero-order valence-corrected chi connectivity index (χ0v) is 25.5. The van der Waals surface area contributed by atoms with Gasteiger partial charge >= 0.3 is 0 Å². The highest BCUT2D eigenvalue weighted by Crippen LogP contribution is 2.34. The number of amides is 1. The second-order valence-corrected chi connectivity index (χ2v) is 10.2. The van der Waals surface area contributed by atoms with E-state index in [0.29, 0.717) is 12.2 Å². The molecule has 2 aromatic carbocycles. The molecule has 8 nitrogen and oxygen atoms in total. The first kappa shape index (κ1) is 31.6. The molecule has 0 atom stereocenters. The topological polar surface area (TPSA) is 71.9 Å². The molecule has 0 unspecified atom stereocenters. The van der Waals surface area contributed by atoms with E-state index in [1.54, 1.807) is 0 Å². The molecule has 0 spiro atoms. The molecule has 1 fully saturated rings. The van der Waals surface area contributed by atoms with Gasteiger partial charge in [-0.2, -0.15) is 0 Å². The Balaban J connectivity index is 0.00000220. The highest BCUT2D eigenvalue weighted by atomic mass is 35.5. The van der Waals surface area contributed by atoms with Gasteiger partial charge in [0.1, 0.15) is 11.5 Å². The second kappa shape index (κ2) is 14.1. The van der Waals surface area contributed by atoms with Crippen molar-refractivity contribution in [3.05, 3.63) is 64.7 Å². The van der Waals surface area contributed by atoms with Crippen molar-refractivity contribution < 1.29 is 14.3 Å². The summed E-state index contributed by atoms with van der Waals surface area (Å²) in [6.45, 7) is 14.5. The minimum absolute atomic E-state index is 0. The number of rotatable bonds is 9. The predicted octanol–water partition coefficient (Wildman–Crippen LogP) is 5.26. The number of nitrogens with zero attached hydrogens (tertiary/aromatic N) is 4. The number of carbonyl (C=O) groups is 1. The molecule has 10 heteroatoms. The van der Waals surface area contributed by atoms with Crippen LogP contribution in [0.1, 0.15) is 52.9 Å². The first-order valence-electron chi connectivity index (χ1n) is 13.8. The standard InChI is InChI=1S/C30H39N5O3.2ClH/c1-5-8-28-32-29(23(4)35(28)24-11-12-26-27(19-24)38-20-37-26)30(36)31-13-7-14-33-15-17-34(18-16-33)25-10-6-9-21(2)22(25)3;;/h6,9-12,19H,5,7-8,13-18,20H2,1-4H3,(H,31,36);2*1H. The van der Waals surface area contributed by atoms with Gasteiger partial charge in [-0.25, -0.2) is 4.98 Å². The lowest BCUT2D eigenvalue weighted by Gasteiger charge is -2.37. The van der Waals surface area contributed by atoms with Gasteiger partial charge in [0.05, 0.1) is 11.4 Å². The van der Waals surface area contributed by atoms with Crippen molar-refractivity contribution in [1.29, 1.82) is 0 Å². The van der Waals surface area contributed by atoms with Gasteiger partial charge in [-0.3, -0.25) is 9.69 Å². The Labute approximate surface area is 249 Å². The third-order valence-corrected chi connectivity index (χ3v) is 7.71. The molecule has 5 rings (SSSR count). The number of piperazine rings is 1. The van der Waals surface area contributed by atoms with Crippen molar-refractivity contribution in [2.45, 2.75) is 47.0 Å². The number of hydrogen-bond donors (Lipinski definition) is 1. The summed E-state index contributed by atoms with van der Waals surface area (Å²) in [5.74, 6) is 2.24. The molecule has 0 radical (unpaired) electrons. The number of aromatic nitrogens is 2. The van der Waals surface area contributed by atoms with Gasteiger partial charge < -0.3 is 24.3 Å². The fourth-order valence-corrected chi connectivity index (χ4v) is 5.41. The van der Waals surface area contributed by atoms with Crippen LogP contribution in [0.3, 0.4) is 0 Å². The smallest absolute Gasteiger partial charge is 0.271 e. The van der Waals surface area contributed by atoms with Crippen LogP contribution in [0.2, 0.25) is 0 Å². The number of carbonyl (C=O) groups excluding carboxylic acids is 1. The molecule has 2 aliphatic heterocycles. The van der Waals surface area contributed by atoms with Gasteiger partial charge in [-0.1, -0.05) is 19.1 Å². The summed E-state index contributed by atoms with van der Waals surface area (Å²) >= 11 is 0. The summed E-state index contributed by atoms with van der Waals surface area (Å²) in [5, 5.41) is 3.11. The van der Waals surface area contributed by atoms with Crippen molar-refractivity contribution in [1.82, 2.24) is 19.8 Å². The van der Waals surface area contributed by atoms with Crippen LogP contribution in [-0.2, 0) is 6.42 Å². The SMILES string of the molecule is CCCc1nc(C(=O)NCCCN2CCN(c3cccc(C)c3C)CC2)c(C)n1-c1ccc2c(c1)OCO2.Cl.Cl. The van der Waals surface area contributed by atoms with E-state index in [2.05, 4.69) is 58.7 Å². The molecule has 2 aliphatic rings. The second-order valence-electron chi connectivity index (χ2n) is 10.2. The third kappa shape index (κ3) is 6.67. The number of halogens is 2. The number of hydrogen-bond acceptors (Lipinski definition) is 6. The molecule has 0 aliphatic carbocycles. The van der Waals surface area contributed by atoms with Gasteiger partial charge in [-0.15, -0.1) is 24.8 Å². The van der Waals surface area contributed by atoms with E-state index in [0.717, 1.165) is 80.7 Å². The summed E-state index contributed by atoms with van der Waals surface area (Å²) in [5.41, 5.74) is 6.35. The summed E-state index contributed by atoms with van der Waals surface area (Å²) < 4.78 is 13.1. The maximum atomic E-state index is 13.1. The molecule has 1 saturated heterocycles. The number of ether oxygens (including phenoxy) is 2. The Bertz CT molecular complexity index is 1300. The molecule has 1 amide bonds. The number of aryl methyl sites for hydroxylation is 2. The Morgan fingerprint density at radius 1 is 1.00 bits per heavy atom. The molecule has 3 heterocycles. The van der Waals surface area contributed by atoms with E-state index in [1.807, 2.05) is 25.1 Å². The minimum Gasteiger partial charge on any atom is -0.454 e. The fraction of sp³-hybridized carbons (Fsp3) is 0.467. The van der Waals surface area contributed by atoms with E-state index in [-0.39, 0.29) is 37.5 Å². The Kier molecular flexibility index (Phi) is 11.1. The maximum absolute atomic E-state index is 13.1. The molecule has 1 N–H and O–H groups in total. The van der Waals surface area contributed by atoms with Gasteiger partial charge in [0.15, 0.2) is 11.5 Å². The highest BCUT2D eigenvalue weighted by molar-refractivity contribution is 5.93. The first-order chi connectivity index (χ1) is 18.5. The van der Waals surface area contributed by atoms with Crippen LogP contribution in [0.4, 0.5) is 5.69 Å². The van der Waals surface area contributed by atoms with Crippen LogP contribution in [0.25, 0.3) is 5.69 Å². The number of fused-ring (bicyclic) bond motifs is 1. The quantitative estimate of drug-likeness (QED) is 0.343. The van der Waals surface area contributed by atoms with Crippen LogP contribution < -0.4 is 19.7 Å². The number of anilines is 1. The summed E-state index contributed by atoms with van der Waals surface area (Å²) in [6.07, 6.45) is 2.65. The lowest BCUT2D eigenvalue weighted by atomic mass is 10.1. The monoisotopic (exact) mass is 589 g/mol. The summed E-state index contributed by atoms with van der Waals surface area (Å²) in [7, 11) is 0. The van der Waals surface area contributed by atoms with Gasteiger partial charge in [0.25, 0.3) is 5.91 Å². The van der Waals surface area contributed by atoms with Crippen molar-refractivity contribution in [3.8, 4) is 17.2 Å². The lowest BCUT2D eigenvalue weighted by molar-refractivity contribution is 0.0946. The zero-order valence-electron chi connectivity index (χ0n) is 23.9. The highest BCUT2D eigenvalue weighted by Gasteiger charge is 2.23. The molecule has 0 saturated carbocycles. The fourth-order valence-electron chi connectivity index (χ4n) is 5.41. The summed E-state index contributed by atoms with van der Waals surface area (Å²) in [6, 6.07) is 12.4. The molecule has 218 valence electrons. The van der Waals surface area contributed by atoms with Crippen LogP contribution in [0.5, 0.6) is 11.5 Å². The van der Waals surface area contributed by atoms with E-state index >= 15 is 0 Å². The Morgan fingerprint density at radius 3 is 2.50 bits per heavy atom. The van der Waals surface area contributed by atoms with Gasteiger partial charge in [0.2, 0.25) is 6.79 Å². The lowest BCUT2D eigenvalue weighted by Crippen LogP contribution is -2.47. The molecular formula is C30H41Cl2N5O3. The van der Waals surface area contributed by atoms with Crippen LogP contribution in [0.15, 0.2) is 36.4 Å². The van der Waals surface area contributed by atoms with Gasteiger partial charge in [-0.05, 0) is 69.5 Å². The van der Waals surface area contributed by atoms with E-state index in [4.69, 9.17) is 14.5 Å². The summed E-state index contributed by atoms with van der Waals surface area (Å²) in [4.78, 5) is 22.9. The molecule has 3 aromatic rings. The van der Waals surface area contributed by atoms with E-state index in [9.17, 15) is 4.79 Å². The Morgan fingerprint density at radius 2 is 1.75 bits per heavy atom. The Hall–Kier alpha value is -2.94. The van der Waals surface area contributed by atoms with Crippen LogP contribution >= 0.6 is 24.8 Å². The molecule has 0 bridgehead atoms. The van der Waals surface area contributed by atoms with E-state index in [1.165, 1.54) is 16.8 Å². The van der Waals surface area contributed by atoms with Crippen molar-refractivity contribution in [3.63, 3.8) is 0 Å². The molecule has 40 heavy (non-hydrogen) atoms. The minimum atomic E-state index is -0.112. The zero-order chi connectivity index (χ0) is 26.6. The average Bonchev–Trinajstić information content (AvgIpc) is 3.52.